The first-order valence-corrected chi connectivity index (χ1v) is 22.3. The highest BCUT2D eigenvalue weighted by molar-refractivity contribution is 6.09. The van der Waals surface area contributed by atoms with Crippen LogP contribution in [0.1, 0.15) is 87.1 Å². The Labute approximate surface area is 379 Å². The third-order valence-electron chi connectivity index (χ3n) is 11.8. The van der Waals surface area contributed by atoms with Crippen LogP contribution in [0.25, 0.3) is 22.0 Å². The van der Waals surface area contributed by atoms with Crippen molar-refractivity contribution in [1.82, 2.24) is 14.8 Å². The fraction of sp³-hybridized carbons (Fsp3) is 0.392. The maximum atomic E-state index is 14.5. The van der Waals surface area contributed by atoms with Gasteiger partial charge in [0.05, 0.1) is 17.7 Å². The van der Waals surface area contributed by atoms with Crippen molar-refractivity contribution in [3.8, 4) is 11.1 Å². The van der Waals surface area contributed by atoms with Crippen molar-refractivity contribution in [1.29, 1.82) is 0 Å². The second-order valence-electron chi connectivity index (χ2n) is 18.9. The standard InChI is InChI=1S/C51H57N5O9/c1-50(2,3)64-47(59)44-29-40-41(15-10-16-43(40)56(44)49(61)65-51(4,5)6)52-46(58)42(53-48(60)63-31-34-12-9-14-38-37-13-8-7-11-33(37)28-39(34)38)27-32-17-19-36(20-18-32)55-24-23-54(30-45(55)57)35-21-25-62-26-22-35/h7-20,29,35,42H,21-28,30-31H2,1-6H3,(H,52,58)(H,53,60). The van der Waals surface area contributed by atoms with E-state index < -0.39 is 41.3 Å². The number of hydrogen-bond acceptors (Lipinski definition) is 10. The molecule has 0 saturated carbocycles. The Balaban J connectivity index is 1.04. The average Bonchev–Trinajstić information content (AvgIpc) is 3.85. The lowest BCUT2D eigenvalue weighted by molar-refractivity contribution is -0.122. The normalized spacial score (nSPS) is 16.1. The van der Waals surface area contributed by atoms with E-state index in [4.69, 9.17) is 18.9 Å². The topological polar surface area (TPSA) is 158 Å². The predicted octanol–water partition coefficient (Wildman–Crippen LogP) is 8.25. The molecule has 2 N–H and O–H groups in total. The molecule has 2 aliphatic heterocycles. The first-order chi connectivity index (χ1) is 31.0. The van der Waals surface area contributed by atoms with Crippen LogP contribution in [0.5, 0.6) is 0 Å². The molecule has 1 aromatic heterocycles. The van der Waals surface area contributed by atoms with E-state index >= 15 is 0 Å². The lowest BCUT2D eigenvalue weighted by Gasteiger charge is -2.40. The highest BCUT2D eigenvalue weighted by atomic mass is 16.6. The lowest BCUT2D eigenvalue weighted by atomic mass is 10.0. The van der Waals surface area contributed by atoms with Gasteiger partial charge in [-0.15, -0.1) is 0 Å². The Morgan fingerprint density at radius 1 is 0.815 bits per heavy atom. The van der Waals surface area contributed by atoms with Crippen molar-refractivity contribution in [3.63, 3.8) is 0 Å². The van der Waals surface area contributed by atoms with Crippen molar-refractivity contribution >= 4 is 52.2 Å². The molecule has 2 saturated heterocycles. The van der Waals surface area contributed by atoms with Crippen molar-refractivity contribution in [2.45, 2.75) is 97.1 Å². The quantitative estimate of drug-likeness (QED) is 0.101. The van der Waals surface area contributed by atoms with Crippen molar-refractivity contribution in [2.24, 2.45) is 0 Å². The zero-order valence-electron chi connectivity index (χ0n) is 37.9. The van der Waals surface area contributed by atoms with E-state index in [2.05, 4.69) is 33.7 Å². The van der Waals surface area contributed by atoms with Gasteiger partial charge in [-0.1, -0.05) is 60.7 Å². The van der Waals surface area contributed by atoms with Crippen molar-refractivity contribution < 1.29 is 42.9 Å². The number of benzene rings is 4. The summed E-state index contributed by atoms with van der Waals surface area (Å²) >= 11 is 0. The van der Waals surface area contributed by atoms with Gasteiger partial charge < -0.3 is 34.5 Å². The van der Waals surface area contributed by atoms with Gasteiger partial charge in [-0.2, -0.15) is 0 Å². The fourth-order valence-corrected chi connectivity index (χ4v) is 8.81. The second-order valence-corrected chi connectivity index (χ2v) is 18.9. The summed E-state index contributed by atoms with van der Waals surface area (Å²) in [6, 6.07) is 27.2. The summed E-state index contributed by atoms with van der Waals surface area (Å²) in [5, 5.41) is 6.13. The van der Waals surface area contributed by atoms with E-state index in [1.165, 1.54) is 11.6 Å². The highest BCUT2D eigenvalue weighted by Gasteiger charge is 2.33. The summed E-state index contributed by atoms with van der Waals surface area (Å²) < 4.78 is 23.9. The molecule has 14 nitrogen and oxygen atoms in total. The van der Waals surface area contributed by atoms with Crippen LogP contribution in [0.15, 0.2) is 91.0 Å². The molecule has 1 atom stereocenters. The van der Waals surface area contributed by atoms with Gasteiger partial charge in [-0.3, -0.25) is 14.5 Å². The summed E-state index contributed by atoms with van der Waals surface area (Å²) in [5.74, 6) is -1.30. The number of piperazine rings is 1. The van der Waals surface area contributed by atoms with Gasteiger partial charge in [0.25, 0.3) is 0 Å². The summed E-state index contributed by atoms with van der Waals surface area (Å²) in [6.07, 6.45) is 1.05. The van der Waals surface area contributed by atoms with E-state index in [-0.39, 0.29) is 30.3 Å². The maximum absolute atomic E-state index is 14.5. The zero-order valence-corrected chi connectivity index (χ0v) is 37.9. The molecule has 65 heavy (non-hydrogen) atoms. The van der Waals surface area contributed by atoms with Crippen molar-refractivity contribution in [3.05, 3.63) is 119 Å². The largest absolute Gasteiger partial charge is 0.455 e. The predicted molar refractivity (Wildman–Crippen MR) is 247 cm³/mol. The first-order valence-electron chi connectivity index (χ1n) is 22.3. The molecule has 3 heterocycles. The number of nitrogens with zero attached hydrogens (tertiary/aromatic N) is 3. The van der Waals surface area contributed by atoms with E-state index in [0.717, 1.165) is 63.9 Å². The molecule has 8 rings (SSSR count). The molecule has 14 heteroatoms. The molecular weight excluding hydrogens is 827 g/mol. The number of ether oxygens (including phenoxy) is 4. The van der Waals surface area contributed by atoms with Gasteiger partial charge in [0.2, 0.25) is 11.8 Å². The molecule has 1 aliphatic carbocycles. The minimum atomic E-state index is -1.14. The van der Waals surface area contributed by atoms with Crippen LogP contribution in [0, 0.1) is 0 Å². The number of nitrogens with one attached hydrogen (secondary N) is 2. The van der Waals surface area contributed by atoms with Gasteiger partial charge in [-0.05, 0) is 125 Å². The summed E-state index contributed by atoms with van der Waals surface area (Å²) in [6.45, 7) is 13.4. The minimum Gasteiger partial charge on any atom is -0.455 e. The highest BCUT2D eigenvalue weighted by Crippen LogP contribution is 2.38. The Bertz CT molecular complexity index is 2620. The van der Waals surface area contributed by atoms with E-state index in [1.54, 1.807) is 64.6 Å². The maximum Gasteiger partial charge on any atom is 0.419 e. The molecule has 3 amide bonds. The molecule has 3 aliphatic rings. The van der Waals surface area contributed by atoms with Gasteiger partial charge in [0.1, 0.15) is 29.5 Å². The van der Waals surface area contributed by atoms with E-state index in [1.807, 2.05) is 48.5 Å². The van der Waals surface area contributed by atoms with Gasteiger partial charge in [0, 0.05) is 49.8 Å². The number of fused-ring (bicyclic) bond motifs is 4. The number of carbonyl (C=O) groups excluding carboxylic acids is 5. The monoisotopic (exact) mass is 883 g/mol. The van der Waals surface area contributed by atoms with E-state index in [9.17, 15) is 24.0 Å². The van der Waals surface area contributed by atoms with Crippen LogP contribution in [-0.4, -0.2) is 95.6 Å². The van der Waals surface area contributed by atoms with Crippen LogP contribution in [-0.2, 0) is 48.0 Å². The molecule has 0 bridgehead atoms. The Kier molecular flexibility index (Phi) is 12.9. The fourth-order valence-electron chi connectivity index (χ4n) is 8.81. The Hall–Kier alpha value is -6.51. The molecule has 1 unspecified atom stereocenters. The second kappa shape index (κ2) is 18.5. The molecule has 0 spiro atoms. The lowest BCUT2D eigenvalue weighted by Crippen LogP contribution is -2.54. The summed E-state index contributed by atoms with van der Waals surface area (Å²) in [7, 11) is 0. The summed E-state index contributed by atoms with van der Waals surface area (Å²) in [5.41, 5.74) is 5.68. The van der Waals surface area contributed by atoms with Crippen LogP contribution >= 0.6 is 0 Å². The molecule has 340 valence electrons. The Morgan fingerprint density at radius 3 is 2.25 bits per heavy atom. The van der Waals surface area contributed by atoms with Crippen LogP contribution in [0.3, 0.4) is 0 Å². The van der Waals surface area contributed by atoms with Crippen LogP contribution in [0.2, 0.25) is 0 Å². The van der Waals surface area contributed by atoms with Gasteiger partial charge in [-0.25, -0.2) is 19.0 Å². The average molecular weight is 884 g/mol. The zero-order chi connectivity index (χ0) is 46.0. The number of hydrogen-bond donors (Lipinski definition) is 2. The number of amides is 3. The first kappa shape index (κ1) is 45.1. The SMILES string of the molecule is CC(C)(C)OC(=O)c1cc2c(NC(=O)C(Cc3ccc(N4CCN(C5CCOCC5)CC4=O)cc3)NC(=O)OCc3cccc4c3Cc3ccccc3-4)cccc2n1C(=O)OC(C)(C)C. The van der Waals surface area contributed by atoms with Gasteiger partial charge in [0.15, 0.2) is 0 Å². The van der Waals surface area contributed by atoms with Crippen LogP contribution in [0.4, 0.5) is 21.0 Å². The number of esters is 1. The summed E-state index contributed by atoms with van der Waals surface area (Å²) in [4.78, 5) is 72.8. The minimum absolute atomic E-state index is 0.00716. The van der Waals surface area contributed by atoms with E-state index in [0.29, 0.717) is 43.2 Å². The number of anilines is 2. The van der Waals surface area contributed by atoms with Crippen molar-refractivity contribution in [2.75, 3.05) is 43.1 Å². The number of alkyl carbamates (subject to hydrolysis) is 1. The molecular formula is C51H57N5O9. The molecule has 0 radical (unpaired) electrons. The number of aromatic nitrogens is 1. The smallest absolute Gasteiger partial charge is 0.419 e. The molecule has 4 aromatic carbocycles. The Morgan fingerprint density at radius 2 is 1.52 bits per heavy atom. The number of carbonyl (C=O) groups is 5. The molecule has 5 aromatic rings. The molecule has 2 fully saturated rings. The third-order valence-corrected chi connectivity index (χ3v) is 11.8. The van der Waals surface area contributed by atoms with Gasteiger partial charge >= 0.3 is 18.2 Å². The van der Waals surface area contributed by atoms with Crippen LogP contribution < -0.4 is 15.5 Å². The third kappa shape index (κ3) is 10.4. The number of rotatable bonds is 10.